The maximum atomic E-state index is 12.2. The minimum atomic E-state index is -3.49. The van der Waals surface area contributed by atoms with Crippen LogP contribution in [0, 0.1) is 13.8 Å². The third kappa shape index (κ3) is 4.58. The Labute approximate surface area is 125 Å². The molecule has 2 rings (SSSR count). The highest BCUT2D eigenvalue weighted by atomic mass is 32.2. The maximum absolute atomic E-state index is 12.2. The molecule has 2 aromatic rings. The highest BCUT2D eigenvalue weighted by Crippen LogP contribution is 2.14. The van der Waals surface area contributed by atoms with Gasteiger partial charge in [0.1, 0.15) is 12.4 Å². The molecule has 21 heavy (non-hydrogen) atoms. The van der Waals surface area contributed by atoms with Crippen molar-refractivity contribution in [3.05, 3.63) is 59.7 Å². The van der Waals surface area contributed by atoms with Crippen LogP contribution >= 0.6 is 0 Å². The quantitative estimate of drug-likeness (QED) is 0.835. The van der Waals surface area contributed by atoms with E-state index in [2.05, 4.69) is 4.72 Å². The van der Waals surface area contributed by atoms with Crippen molar-refractivity contribution >= 4 is 10.0 Å². The maximum Gasteiger partial charge on any atom is 0.240 e. The average molecular weight is 305 g/mol. The molecular formula is C16H19NO3S. The summed E-state index contributed by atoms with van der Waals surface area (Å²) < 4.78 is 32.4. The Bertz CT molecular complexity index is 676. The molecule has 0 heterocycles. The predicted molar refractivity (Wildman–Crippen MR) is 83.0 cm³/mol. The van der Waals surface area contributed by atoms with Crippen molar-refractivity contribution in [2.45, 2.75) is 18.7 Å². The molecule has 4 nitrogen and oxygen atoms in total. The predicted octanol–water partition coefficient (Wildman–Crippen LogP) is 2.66. The monoisotopic (exact) mass is 305 g/mol. The van der Waals surface area contributed by atoms with Crippen LogP contribution in [0.5, 0.6) is 5.75 Å². The molecule has 0 aliphatic rings. The standard InChI is InChI=1S/C16H19NO3S/c1-13-10-14(2)12-16(11-13)21(18,19)17-8-9-20-15-6-4-3-5-7-15/h3-7,10-12,17H,8-9H2,1-2H3. The fourth-order valence-electron chi connectivity index (χ4n) is 2.03. The lowest BCUT2D eigenvalue weighted by atomic mass is 10.2. The number of nitrogens with one attached hydrogen (secondary N) is 1. The third-order valence-electron chi connectivity index (χ3n) is 2.91. The lowest BCUT2D eigenvalue weighted by Gasteiger charge is -2.09. The molecule has 0 bridgehead atoms. The van der Waals surface area contributed by atoms with E-state index in [-0.39, 0.29) is 13.2 Å². The van der Waals surface area contributed by atoms with E-state index in [1.807, 2.05) is 50.2 Å². The fourth-order valence-corrected chi connectivity index (χ4v) is 3.23. The molecule has 112 valence electrons. The Morgan fingerprint density at radius 1 is 1.00 bits per heavy atom. The van der Waals surface area contributed by atoms with Gasteiger partial charge in [-0.2, -0.15) is 0 Å². The Balaban J connectivity index is 1.92. The van der Waals surface area contributed by atoms with E-state index in [4.69, 9.17) is 4.74 Å². The largest absolute Gasteiger partial charge is 0.492 e. The summed E-state index contributed by atoms with van der Waals surface area (Å²) in [6.07, 6.45) is 0. The number of benzene rings is 2. The summed E-state index contributed by atoms with van der Waals surface area (Å²) in [5.74, 6) is 0.725. The second kappa shape index (κ2) is 6.74. The summed E-state index contributed by atoms with van der Waals surface area (Å²) >= 11 is 0. The Morgan fingerprint density at radius 3 is 2.24 bits per heavy atom. The second-order valence-electron chi connectivity index (χ2n) is 4.88. The van der Waals surface area contributed by atoms with E-state index in [9.17, 15) is 8.42 Å². The molecule has 0 aliphatic carbocycles. The van der Waals surface area contributed by atoms with Crippen LogP contribution in [0.25, 0.3) is 0 Å². The van der Waals surface area contributed by atoms with E-state index in [1.165, 1.54) is 0 Å². The van der Waals surface area contributed by atoms with Crippen LogP contribution in [-0.4, -0.2) is 21.6 Å². The van der Waals surface area contributed by atoms with Crippen molar-refractivity contribution in [3.63, 3.8) is 0 Å². The Kier molecular flexibility index (Phi) is 4.98. The normalized spacial score (nSPS) is 11.3. The van der Waals surface area contributed by atoms with Crippen LogP contribution in [0.3, 0.4) is 0 Å². The van der Waals surface area contributed by atoms with Crippen molar-refractivity contribution < 1.29 is 13.2 Å². The van der Waals surface area contributed by atoms with Gasteiger partial charge in [-0.05, 0) is 49.2 Å². The van der Waals surface area contributed by atoms with Gasteiger partial charge in [0.2, 0.25) is 10.0 Å². The van der Waals surface area contributed by atoms with Gasteiger partial charge >= 0.3 is 0 Å². The first-order chi connectivity index (χ1) is 9.97. The second-order valence-corrected chi connectivity index (χ2v) is 6.65. The van der Waals surface area contributed by atoms with Crippen molar-refractivity contribution in [1.82, 2.24) is 4.72 Å². The number of sulfonamides is 1. The molecule has 5 heteroatoms. The summed E-state index contributed by atoms with van der Waals surface area (Å²) in [5, 5.41) is 0. The number of ether oxygens (including phenoxy) is 1. The van der Waals surface area contributed by atoms with E-state index in [0.29, 0.717) is 4.90 Å². The molecule has 0 spiro atoms. The summed E-state index contributed by atoms with van der Waals surface area (Å²) in [6, 6.07) is 14.6. The number of hydrogen-bond donors (Lipinski definition) is 1. The van der Waals surface area contributed by atoms with E-state index < -0.39 is 10.0 Å². The van der Waals surface area contributed by atoms with Gasteiger partial charge in [0.25, 0.3) is 0 Å². The average Bonchev–Trinajstić information content (AvgIpc) is 2.44. The first kappa shape index (κ1) is 15.5. The Morgan fingerprint density at radius 2 is 1.62 bits per heavy atom. The first-order valence-electron chi connectivity index (χ1n) is 6.73. The number of aryl methyl sites for hydroxylation is 2. The number of para-hydroxylation sites is 1. The molecule has 2 aromatic carbocycles. The zero-order valence-electron chi connectivity index (χ0n) is 12.2. The molecule has 0 atom stereocenters. The minimum absolute atomic E-state index is 0.226. The lowest BCUT2D eigenvalue weighted by molar-refractivity contribution is 0.323. The Hall–Kier alpha value is -1.85. The van der Waals surface area contributed by atoms with Gasteiger partial charge in [-0.25, -0.2) is 13.1 Å². The summed E-state index contributed by atoms with van der Waals surface area (Å²) in [6.45, 7) is 4.27. The van der Waals surface area contributed by atoms with Crippen LogP contribution in [0.4, 0.5) is 0 Å². The fraction of sp³-hybridized carbons (Fsp3) is 0.250. The van der Waals surface area contributed by atoms with Crippen LogP contribution in [0.1, 0.15) is 11.1 Å². The molecule has 0 aliphatic heterocycles. The SMILES string of the molecule is Cc1cc(C)cc(S(=O)(=O)NCCOc2ccccc2)c1. The van der Waals surface area contributed by atoms with Crippen molar-refractivity contribution in [2.75, 3.05) is 13.2 Å². The lowest BCUT2D eigenvalue weighted by Crippen LogP contribution is -2.28. The van der Waals surface area contributed by atoms with Gasteiger partial charge in [-0.15, -0.1) is 0 Å². The first-order valence-corrected chi connectivity index (χ1v) is 8.21. The zero-order valence-corrected chi connectivity index (χ0v) is 13.0. The highest BCUT2D eigenvalue weighted by molar-refractivity contribution is 7.89. The van der Waals surface area contributed by atoms with Crippen molar-refractivity contribution in [2.24, 2.45) is 0 Å². The number of rotatable bonds is 6. The van der Waals surface area contributed by atoms with Gasteiger partial charge in [-0.3, -0.25) is 0 Å². The summed E-state index contributed by atoms with van der Waals surface area (Å²) in [7, 11) is -3.49. The summed E-state index contributed by atoms with van der Waals surface area (Å²) in [4.78, 5) is 0.291. The van der Waals surface area contributed by atoms with Crippen LogP contribution in [0.2, 0.25) is 0 Å². The van der Waals surface area contributed by atoms with Gasteiger partial charge in [0.15, 0.2) is 0 Å². The topological polar surface area (TPSA) is 55.4 Å². The number of hydrogen-bond acceptors (Lipinski definition) is 3. The molecule has 0 saturated heterocycles. The van der Waals surface area contributed by atoms with Gasteiger partial charge in [0.05, 0.1) is 4.90 Å². The molecule has 0 saturated carbocycles. The van der Waals surface area contributed by atoms with E-state index in [1.54, 1.807) is 12.1 Å². The zero-order chi connectivity index (χ0) is 15.3. The highest BCUT2D eigenvalue weighted by Gasteiger charge is 2.14. The van der Waals surface area contributed by atoms with E-state index in [0.717, 1.165) is 16.9 Å². The smallest absolute Gasteiger partial charge is 0.240 e. The molecule has 0 aromatic heterocycles. The van der Waals surface area contributed by atoms with Gasteiger partial charge < -0.3 is 4.74 Å². The van der Waals surface area contributed by atoms with Crippen molar-refractivity contribution in [1.29, 1.82) is 0 Å². The molecule has 1 N–H and O–H groups in total. The molecule has 0 fully saturated rings. The molecule has 0 unspecified atom stereocenters. The summed E-state index contributed by atoms with van der Waals surface area (Å²) in [5.41, 5.74) is 1.85. The third-order valence-corrected chi connectivity index (χ3v) is 4.35. The van der Waals surface area contributed by atoms with Crippen LogP contribution < -0.4 is 9.46 Å². The van der Waals surface area contributed by atoms with Gasteiger partial charge in [-0.1, -0.05) is 24.3 Å². The van der Waals surface area contributed by atoms with Crippen LogP contribution in [0.15, 0.2) is 53.4 Å². The molecule has 0 amide bonds. The van der Waals surface area contributed by atoms with E-state index >= 15 is 0 Å². The van der Waals surface area contributed by atoms with Crippen molar-refractivity contribution in [3.8, 4) is 5.75 Å². The molecular weight excluding hydrogens is 286 g/mol. The minimum Gasteiger partial charge on any atom is -0.492 e. The van der Waals surface area contributed by atoms with Crippen LogP contribution in [-0.2, 0) is 10.0 Å². The molecule has 0 radical (unpaired) electrons. The van der Waals surface area contributed by atoms with Gasteiger partial charge in [0, 0.05) is 6.54 Å².